The highest BCUT2D eigenvalue weighted by atomic mass is 16.3. The van der Waals surface area contributed by atoms with Crippen molar-refractivity contribution in [3.63, 3.8) is 0 Å². The van der Waals surface area contributed by atoms with Crippen molar-refractivity contribution >= 4 is 0 Å². The third kappa shape index (κ3) is 1.27. The van der Waals surface area contributed by atoms with Gasteiger partial charge in [-0.1, -0.05) is 12.1 Å². The minimum absolute atomic E-state index is 0.333. The van der Waals surface area contributed by atoms with Crippen LogP contribution < -0.4 is 0 Å². The number of fused-ring (bicyclic) bond motifs is 1. The van der Waals surface area contributed by atoms with Gasteiger partial charge in [0.15, 0.2) is 0 Å². The molecule has 0 fully saturated rings. The van der Waals surface area contributed by atoms with E-state index in [4.69, 9.17) is 0 Å². The molecule has 76 valence electrons. The Morgan fingerprint density at radius 2 is 2.27 bits per heavy atom. The lowest BCUT2D eigenvalue weighted by Crippen LogP contribution is -2.02. The van der Waals surface area contributed by atoms with E-state index < -0.39 is 0 Å². The van der Waals surface area contributed by atoms with Gasteiger partial charge in [0, 0.05) is 18.0 Å². The summed E-state index contributed by atoms with van der Waals surface area (Å²) in [5.74, 6) is 0. The van der Waals surface area contributed by atoms with Crippen molar-refractivity contribution in [3.8, 4) is 5.69 Å². The maximum atomic E-state index is 9.92. The van der Waals surface area contributed by atoms with E-state index in [1.165, 1.54) is 5.56 Å². The van der Waals surface area contributed by atoms with Crippen LogP contribution in [0, 0.1) is 0 Å². The first-order chi connectivity index (χ1) is 7.36. The average Bonchev–Trinajstić information content (AvgIpc) is 2.88. The van der Waals surface area contributed by atoms with E-state index in [9.17, 15) is 5.11 Å². The lowest BCUT2D eigenvalue weighted by atomic mass is 10.1. The van der Waals surface area contributed by atoms with Crippen LogP contribution in [0.3, 0.4) is 0 Å². The second-order valence-electron chi connectivity index (χ2n) is 3.86. The predicted molar refractivity (Wildman–Crippen MR) is 56.8 cm³/mol. The molecule has 0 amide bonds. The number of rotatable bonds is 1. The third-order valence-corrected chi connectivity index (χ3v) is 2.94. The van der Waals surface area contributed by atoms with Crippen LogP contribution in [0.1, 0.15) is 23.7 Å². The van der Waals surface area contributed by atoms with Crippen LogP contribution in [0.15, 0.2) is 36.7 Å². The van der Waals surface area contributed by atoms with Crippen LogP contribution in [-0.4, -0.2) is 14.9 Å². The molecule has 1 atom stereocenters. The maximum absolute atomic E-state index is 9.92. The van der Waals surface area contributed by atoms with E-state index in [2.05, 4.69) is 11.2 Å². The van der Waals surface area contributed by atoms with Gasteiger partial charge < -0.3 is 5.11 Å². The molecule has 3 nitrogen and oxygen atoms in total. The topological polar surface area (TPSA) is 38.0 Å². The van der Waals surface area contributed by atoms with E-state index in [0.29, 0.717) is 0 Å². The van der Waals surface area contributed by atoms with E-state index in [-0.39, 0.29) is 6.10 Å². The Morgan fingerprint density at radius 1 is 1.33 bits per heavy atom. The highest BCUT2D eigenvalue weighted by molar-refractivity contribution is 5.49. The molecule has 0 saturated heterocycles. The first-order valence-electron chi connectivity index (χ1n) is 5.16. The number of hydrogen-bond donors (Lipinski definition) is 1. The molecule has 0 bridgehead atoms. The monoisotopic (exact) mass is 200 g/mol. The minimum atomic E-state index is -0.333. The van der Waals surface area contributed by atoms with Gasteiger partial charge in [-0.25, -0.2) is 4.68 Å². The summed E-state index contributed by atoms with van der Waals surface area (Å²) >= 11 is 0. The number of aliphatic hydroxyl groups is 1. The zero-order valence-corrected chi connectivity index (χ0v) is 8.30. The molecule has 1 heterocycles. The fourth-order valence-corrected chi connectivity index (χ4v) is 2.25. The second kappa shape index (κ2) is 3.21. The Kier molecular flexibility index (Phi) is 1.86. The van der Waals surface area contributed by atoms with Crippen LogP contribution in [-0.2, 0) is 6.42 Å². The van der Waals surface area contributed by atoms with Crippen molar-refractivity contribution in [1.82, 2.24) is 9.78 Å². The summed E-state index contributed by atoms with van der Waals surface area (Å²) in [7, 11) is 0. The van der Waals surface area contributed by atoms with Gasteiger partial charge in [0.1, 0.15) is 0 Å². The summed E-state index contributed by atoms with van der Waals surface area (Å²) in [6, 6.07) is 7.99. The smallest absolute Gasteiger partial charge is 0.0816 e. The van der Waals surface area contributed by atoms with E-state index in [1.54, 1.807) is 6.20 Å². The van der Waals surface area contributed by atoms with Gasteiger partial charge in [0.05, 0.1) is 11.8 Å². The number of aryl methyl sites for hydroxylation is 1. The van der Waals surface area contributed by atoms with Crippen molar-refractivity contribution in [2.45, 2.75) is 18.9 Å². The Hall–Kier alpha value is -1.61. The Labute approximate surface area is 88.0 Å². The van der Waals surface area contributed by atoms with Gasteiger partial charge in [-0.3, -0.25) is 0 Å². The van der Waals surface area contributed by atoms with E-state index >= 15 is 0 Å². The highest BCUT2D eigenvalue weighted by Gasteiger charge is 2.23. The summed E-state index contributed by atoms with van der Waals surface area (Å²) in [5.41, 5.74) is 3.29. The maximum Gasteiger partial charge on any atom is 0.0816 e. The first-order valence-corrected chi connectivity index (χ1v) is 5.16. The van der Waals surface area contributed by atoms with Gasteiger partial charge in [0.2, 0.25) is 0 Å². The van der Waals surface area contributed by atoms with Gasteiger partial charge in [-0.2, -0.15) is 5.10 Å². The third-order valence-electron chi connectivity index (χ3n) is 2.94. The largest absolute Gasteiger partial charge is 0.388 e. The molecule has 0 saturated carbocycles. The molecule has 1 N–H and O–H groups in total. The minimum Gasteiger partial charge on any atom is -0.388 e. The highest BCUT2D eigenvalue weighted by Crippen LogP contribution is 2.34. The van der Waals surface area contributed by atoms with Crippen LogP contribution in [0.25, 0.3) is 5.69 Å². The molecule has 15 heavy (non-hydrogen) atoms. The van der Waals surface area contributed by atoms with Crippen LogP contribution in [0.2, 0.25) is 0 Å². The number of aliphatic hydroxyl groups excluding tert-OH is 1. The quantitative estimate of drug-likeness (QED) is 0.763. The Morgan fingerprint density at radius 3 is 3.07 bits per heavy atom. The molecule has 1 aromatic heterocycles. The van der Waals surface area contributed by atoms with Crippen molar-refractivity contribution in [2.75, 3.05) is 0 Å². The van der Waals surface area contributed by atoms with E-state index in [1.807, 2.05) is 29.1 Å². The number of aromatic nitrogens is 2. The molecule has 1 aromatic carbocycles. The molecule has 0 radical (unpaired) electrons. The zero-order valence-electron chi connectivity index (χ0n) is 8.30. The van der Waals surface area contributed by atoms with Crippen molar-refractivity contribution in [1.29, 1.82) is 0 Å². The van der Waals surface area contributed by atoms with Crippen LogP contribution >= 0.6 is 0 Å². The fourth-order valence-electron chi connectivity index (χ4n) is 2.25. The van der Waals surface area contributed by atoms with E-state index in [0.717, 1.165) is 24.1 Å². The second-order valence-corrected chi connectivity index (χ2v) is 3.86. The zero-order chi connectivity index (χ0) is 10.3. The molecular weight excluding hydrogens is 188 g/mol. The summed E-state index contributed by atoms with van der Waals surface area (Å²) < 4.78 is 1.81. The Bertz CT molecular complexity index is 476. The first kappa shape index (κ1) is 8.68. The number of nitrogens with zero attached hydrogens (tertiary/aromatic N) is 2. The van der Waals surface area contributed by atoms with Crippen molar-refractivity contribution in [3.05, 3.63) is 47.8 Å². The lowest BCUT2D eigenvalue weighted by Gasteiger charge is -2.11. The normalized spacial score (nSPS) is 19.1. The molecule has 1 unspecified atom stereocenters. The van der Waals surface area contributed by atoms with Crippen molar-refractivity contribution < 1.29 is 5.11 Å². The summed E-state index contributed by atoms with van der Waals surface area (Å²) in [4.78, 5) is 0. The average molecular weight is 200 g/mol. The summed E-state index contributed by atoms with van der Waals surface area (Å²) in [6.45, 7) is 0. The lowest BCUT2D eigenvalue weighted by molar-refractivity contribution is 0.179. The molecule has 3 rings (SSSR count). The predicted octanol–water partition coefficient (Wildman–Crippen LogP) is 1.85. The molecule has 1 aliphatic rings. The van der Waals surface area contributed by atoms with Crippen LogP contribution in [0.5, 0.6) is 0 Å². The SMILES string of the molecule is OC1CCc2cccc(-n3cccn3)c21. The molecule has 0 aliphatic heterocycles. The molecule has 1 aliphatic carbocycles. The van der Waals surface area contributed by atoms with Gasteiger partial charge in [-0.15, -0.1) is 0 Å². The molecular formula is C12H12N2O. The standard InChI is InChI=1S/C12H12N2O/c15-11-6-5-9-3-1-4-10(12(9)11)14-8-2-7-13-14/h1-4,7-8,11,15H,5-6H2. The van der Waals surface area contributed by atoms with Crippen LogP contribution in [0.4, 0.5) is 0 Å². The molecule has 2 aromatic rings. The van der Waals surface area contributed by atoms with Crippen molar-refractivity contribution in [2.24, 2.45) is 0 Å². The molecule has 3 heteroatoms. The van der Waals surface area contributed by atoms with Gasteiger partial charge in [-0.05, 0) is 30.5 Å². The summed E-state index contributed by atoms with van der Waals surface area (Å²) in [6.07, 6.45) is 5.11. The summed E-state index contributed by atoms with van der Waals surface area (Å²) in [5, 5.41) is 14.1. The van der Waals surface area contributed by atoms with Gasteiger partial charge >= 0.3 is 0 Å². The fraction of sp³-hybridized carbons (Fsp3) is 0.250. The number of hydrogen-bond acceptors (Lipinski definition) is 2. The van der Waals surface area contributed by atoms with Gasteiger partial charge in [0.25, 0.3) is 0 Å². The number of benzene rings is 1. The Balaban J connectivity index is 2.21. The molecule has 0 spiro atoms.